The maximum atomic E-state index is 10.6. The topological polar surface area (TPSA) is 142 Å². The Hall–Kier alpha value is -2.02. The van der Waals surface area contributed by atoms with Gasteiger partial charge in [0, 0.05) is 75.3 Å². The molecule has 0 aromatic heterocycles. The van der Waals surface area contributed by atoms with E-state index in [4.69, 9.17) is 50.8 Å². The molecule has 16 heteroatoms. The number of nitro benzene ring substituents is 2. The molecule has 0 N–H and O–H groups in total. The fourth-order valence-electron chi connectivity index (χ4n) is 2.34. The van der Waals surface area contributed by atoms with Crippen LogP contribution >= 0.6 is 13.4 Å². The van der Waals surface area contributed by atoms with Crippen LogP contribution in [0.3, 0.4) is 0 Å². The Balaban J connectivity index is 0.000000340. The van der Waals surface area contributed by atoms with Crippen molar-refractivity contribution in [3.63, 3.8) is 0 Å². The van der Waals surface area contributed by atoms with Gasteiger partial charge < -0.3 is 27.1 Å². The van der Waals surface area contributed by atoms with Crippen LogP contribution in [0, 0.1) is 34.1 Å². The maximum Gasteiger partial charge on any atom is 0.380 e. The monoisotopic (exact) mass is 554 g/mol. The summed E-state index contributed by atoms with van der Waals surface area (Å²) in [6, 6.07) is 8.69. The van der Waals surface area contributed by atoms with E-state index in [9.17, 15) is 20.2 Å². The Bertz CT molecular complexity index is 1030. The third kappa shape index (κ3) is 8.64. The molecule has 0 heterocycles. The number of hydrogen-bond donors (Lipinski definition) is 0. The van der Waals surface area contributed by atoms with E-state index in [0.717, 1.165) is 0 Å². The van der Waals surface area contributed by atoms with Gasteiger partial charge in [-0.1, -0.05) is 0 Å². The molecule has 2 rings (SSSR count). The minimum atomic E-state index is -2.80. The van der Waals surface area contributed by atoms with Gasteiger partial charge in [-0.05, 0) is 38.1 Å². The summed E-state index contributed by atoms with van der Waals surface area (Å²) in [5.41, 5.74) is 1.03. The molecule has 0 aliphatic heterocycles. The molecule has 2 aromatic carbocycles. The van der Waals surface area contributed by atoms with Crippen molar-refractivity contribution in [2.24, 2.45) is 0 Å². The van der Waals surface area contributed by atoms with Crippen LogP contribution in [-0.2, 0) is 41.7 Å². The molecule has 0 aliphatic carbocycles. The van der Waals surface area contributed by atoms with Crippen molar-refractivity contribution < 1.29 is 37.0 Å². The molecule has 0 spiro atoms. The lowest BCUT2D eigenvalue weighted by molar-refractivity contribution is -0.385. The van der Waals surface area contributed by atoms with Gasteiger partial charge in [-0.2, -0.15) is 0 Å². The minimum Gasteiger partial charge on any atom is -0.424 e. The Kier molecular flexibility index (Phi) is 11.6. The van der Waals surface area contributed by atoms with Crippen molar-refractivity contribution in [1.29, 1.82) is 0 Å². The predicted octanol–water partition coefficient (Wildman–Crippen LogP) is 5.60. The molecule has 0 aliphatic rings. The van der Waals surface area contributed by atoms with Crippen LogP contribution in [0.2, 0.25) is 0 Å². The molecular formula is C18H24N2O10P2S2. The van der Waals surface area contributed by atoms with Crippen molar-refractivity contribution in [3.05, 3.63) is 67.8 Å². The molecule has 0 fully saturated rings. The second kappa shape index (κ2) is 13.2. The van der Waals surface area contributed by atoms with E-state index >= 15 is 0 Å². The van der Waals surface area contributed by atoms with Crippen molar-refractivity contribution in [1.82, 2.24) is 0 Å². The van der Waals surface area contributed by atoms with Gasteiger partial charge in [0.1, 0.15) is 11.5 Å². The van der Waals surface area contributed by atoms with Gasteiger partial charge in [0.05, 0.1) is 9.85 Å². The summed E-state index contributed by atoms with van der Waals surface area (Å²) in [5, 5.41) is 21.3. The third-order valence-electron chi connectivity index (χ3n) is 4.06. The molecule has 0 saturated heterocycles. The van der Waals surface area contributed by atoms with E-state index in [1.54, 1.807) is 13.8 Å². The summed E-state index contributed by atoms with van der Waals surface area (Å²) in [4.78, 5) is 20.4. The number of benzene rings is 2. The summed E-state index contributed by atoms with van der Waals surface area (Å²) in [5.74, 6) is 0.778. The van der Waals surface area contributed by atoms with E-state index < -0.39 is 23.3 Å². The van der Waals surface area contributed by atoms with Gasteiger partial charge >= 0.3 is 13.4 Å². The van der Waals surface area contributed by atoms with Gasteiger partial charge in [-0.15, -0.1) is 0 Å². The lowest BCUT2D eigenvalue weighted by Crippen LogP contribution is -1.98. The van der Waals surface area contributed by atoms with Gasteiger partial charge in [0.2, 0.25) is 0 Å². The molecule has 2 aromatic rings. The molecule has 188 valence electrons. The number of hydrogen-bond acceptors (Lipinski definition) is 12. The zero-order valence-corrected chi connectivity index (χ0v) is 22.6. The number of nitro groups is 2. The van der Waals surface area contributed by atoms with Crippen LogP contribution < -0.4 is 9.05 Å². The van der Waals surface area contributed by atoms with E-state index in [1.807, 2.05) is 0 Å². The molecule has 12 nitrogen and oxygen atoms in total. The number of rotatable bonds is 10. The second-order valence-corrected chi connectivity index (χ2v) is 12.5. The molecule has 0 radical (unpaired) electrons. The van der Waals surface area contributed by atoms with Crippen LogP contribution in [0.15, 0.2) is 36.4 Å². The van der Waals surface area contributed by atoms with Crippen molar-refractivity contribution >= 4 is 48.4 Å². The van der Waals surface area contributed by atoms with E-state index in [2.05, 4.69) is 0 Å². The molecule has 0 saturated carbocycles. The summed E-state index contributed by atoms with van der Waals surface area (Å²) in [6.45, 7) is -2.36. The van der Waals surface area contributed by atoms with E-state index in [0.29, 0.717) is 22.6 Å². The molecule has 0 bridgehead atoms. The SMILES string of the molecule is COP(=S)(OC)Oc1ccc([N+](=O)[O-])c(C)c1.COP(=S)(OC)Oc1ccc([N+](=O)[O-])c(C)c1. The normalized spacial score (nSPS) is 11.2. The Morgan fingerprint density at radius 1 is 0.676 bits per heavy atom. The van der Waals surface area contributed by atoms with E-state index in [1.165, 1.54) is 64.8 Å². The quantitative estimate of drug-likeness (QED) is 0.205. The van der Waals surface area contributed by atoms with Gasteiger partial charge in [0.25, 0.3) is 11.4 Å². The first-order valence-electron chi connectivity index (χ1n) is 9.16. The summed E-state index contributed by atoms with van der Waals surface area (Å²) >= 11 is 10.0. The molecule has 0 amide bonds. The molecule has 0 unspecified atom stereocenters. The first kappa shape index (κ1) is 30.0. The van der Waals surface area contributed by atoms with Gasteiger partial charge in [-0.25, -0.2) is 0 Å². The number of aryl methyl sites for hydroxylation is 2. The first-order valence-corrected chi connectivity index (χ1v) is 14.3. The van der Waals surface area contributed by atoms with Gasteiger partial charge in [0.15, 0.2) is 0 Å². The van der Waals surface area contributed by atoms with Crippen molar-refractivity contribution in [2.75, 3.05) is 28.4 Å². The van der Waals surface area contributed by atoms with Crippen LogP contribution in [0.25, 0.3) is 0 Å². The van der Waals surface area contributed by atoms with Crippen LogP contribution in [0.1, 0.15) is 11.1 Å². The highest BCUT2D eigenvalue weighted by atomic mass is 32.5. The standard InChI is InChI=1S/2C9H12NO5PS/c2*1-7-6-8(4-5-9(7)10(11)12)15-16(17,13-2)14-3/h2*4-6H,1-3H3. The van der Waals surface area contributed by atoms with Gasteiger partial charge in [-0.3, -0.25) is 20.2 Å². The Morgan fingerprint density at radius 3 is 1.18 bits per heavy atom. The highest BCUT2D eigenvalue weighted by molar-refractivity contribution is 8.08. The lowest BCUT2D eigenvalue weighted by atomic mass is 10.2. The van der Waals surface area contributed by atoms with E-state index in [-0.39, 0.29) is 11.4 Å². The zero-order valence-electron chi connectivity index (χ0n) is 19.2. The smallest absolute Gasteiger partial charge is 0.380 e. The maximum absolute atomic E-state index is 10.6. The Labute approximate surface area is 206 Å². The largest absolute Gasteiger partial charge is 0.424 e. The fraction of sp³-hybridized carbons (Fsp3) is 0.333. The summed E-state index contributed by atoms with van der Waals surface area (Å²) in [6.07, 6.45) is 0. The zero-order chi connectivity index (χ0) is 26.1. The molecular weight excluding hydrogens is 530 g/mol. The van der Waals surface area contributed by atoms with Crippen molar-refractivity contribution in [2.45, 2.75) is 13.8 Å². The molecule has 34 heavy (non-hydrogen) atoms. The second-order valence-electron chi connectivity index (χ2n) is 6.22. The molecule has 0 atom stereocenters. The average molecular weight is 554 g/mol. The summed E-state index contributed by atoms with van der Waals surface area (Å²) in [7, 11) is 5.57. The average Bonchev–Trinajstić information content (AvgIpc) is 2.79. The minimum absolute atomic E-state index is 0.0282. The van der Waals surface area contributed by atoms with Crippen molar-refractivity contribution in [3.8, 4) is 11.5 Å². The van der Waals surface area contributed by atoms with Crippen LogP contribution in [0.4, 0.5) is 11.4 Å². The van der Waals surface area contributed by atoms with Crippen LogP contribution in [-0.4, -0.2) is 38.3 Å². The fourth-order valence-corrected chi connectivity index (χ4v) is 4.19. The third-order valence-corrected chi connectivity index (χ3v) is 8.95. The highest BCUT2D eigenvalue weighted by Gasteiger charge is 2.21. The highest BCUT2D eigenvalue weighted by Crippen LogP contribution is 2.49. The first-order chi connectivity index (χ1) is 15.8. The van der Waals surface area contributed by atoms with Crippen LogP contribution in [0.5, 0.6) is 11.5 Å². The number of nitrogens with zero attached hydrogens (tertiary/aromatic N) is 2. The summed E-state index contributed by atoms with van der Waals surface area (Å²) < 4.78 is 30.6. The lowest BCUT2D eigenvalue weighted by Gasteiger charge is -2.18. The Morgan fingerprint density at radius 2 is 0.971 bits per heavy atom. The predicted molar refractivity (Wildman–Crippen MR) is 134 cm³/mol.